The highest BCUT2D eigenvalue weighted by Crippen LogP contribution is 2.07. The van der Waals surface area contributed by atoms with Gasteiger partial charge in [-0.25, -0.2) is 0 Å². The van der Waals surface area contributed by atoms with Gasteiger partial charge in [-0.1, -0.05) is 12.1 Å². The highest BCUT2D eigenvalue weighted by molar-refractivity contribution is 6.16. The highest BCUT2D eigenvalue weighted by Gasteiger charge is 2.07. The van der Waals surface area contributed by atoms with Crippen LogP contribution in [0.4, 0.5) is 0 Å². The Balaban J connectivity index is 1.67. The van der Waals surface area contributed by atoms with E-state index in [9.17, 15) is 0 Å². The molecule has 1 aliphatic heterocycles. The molecule has 0 atom stereocenters. The van der Waals surface area contributed by atoms with Crippen molar-refractivity contribution in [3.63, 3.8) is 0 Å². The molecule has 2 aromatic heterocycles. The van der Waals surface area contributed by atoms with Crippen LogP contribution in [0.25, 0.3) is 0 Å². The quantitative estimate of drug-likeness (QED) is 0.531. The maximum Gasteiger partial charge on any atom is 0.0585 e. The van der Waals surface area contributed by atoms with Gasteiger partial charge in [-0.2, -0.15) is 0 Å². The minimum atomic E-state index is 0.601. The van der Waals surface area contributed by atoms with Crippen molar-refractivity contribution in [2.75, 3.05) is 39.3 Å². The average molecular weight is 527 g/mol. The van der Waals surface area contributed by atoms with Gasteiger partial charge < -0.3 is 10.6 Å². The highest BCUT2D eigenvalue weighted by atomic mass is 14.9. The fourth-order valence-electron chi connectivity index (χ4n) is 4.12. The van der Waals surface area contributed by atoms with Gasteiger partial charge in [0.25, 0.3) is 0 Å². The van der Waals surface area contributed by atoms with Crippen LogP contribution in [0.1, 0.15) is 45.5 Å². The summed E-state index contributed by atoms with van der Waals surface area (Å²) in [5.74, 6) is 0. The Hall–Kier alpha value is -3.94. The lowest BCUT2D eigenvalue weighted by Gasteiger charge is -2.12. The molecule has 3 rings (SSSR count). The molecule has 0 amide bonds. The summed E-state index contributed by atoms with van der Waals surface area (Å²) in [6.07, 6.45) is 10.1. The van der Waals surface area contributed by atoms with Crippen molar-refractivity contribution in [3.05, 3.63) is 82.7 Å². The third-order valence-corrected chi connectivity index (χ3v) is 6.40. The van der Waals surface area contributed by atoms with Crippen LogP contribution < -0.4 is 10.6 Å². The van der Waals surface area contributed by atoms with Crippen molar-refractivity contribution in [1.82, 2.24) is 20.6 Å². The molecule has 0 bridgehead atoms. The van der Waals surface area contributed by atoms with Gasteiger partial charge in [-0.15, -0.1) is 0 Å². The van der Waals surface area contributed by atoms with Crippen LogP contribution in [0.5, 0.6) is 0 Å². The molecule has 8 nitrogen and oxygen atoms in total. The van der Waals surface area contributed by atoms with Gasteiger partial charge >= 0.3 is 0 Å². The number of aromatic nitrogens is 2. The lowest BCUT2D eigenvalue weighted by atomic mass is 10.1. The van der Waals surface area contributed by atoms with Crippen LogP contribution in [0.15, 0.2) is 91.3 Å². The van der Waals surface area contributed by atoms with Crippen LogP contribution in [-0.4, -0.2) is 73.1 Å². The van der Waals surface area contributed by atoms with Gasteiger partial charge in [0, 0.05) is 109 Å². The molecule has 0 spiro atoms. The van der Waals surface area contributed by atoms with Crippen LogP contribution in [-0.2, 0) is 12.8 Å². The molecule has 0 aromatic carbocycles. The van der Waals surface area contributed by atoms with Gasteiger partial charge in [0.15, 0.2) is 0 Å². The number of rotatable bonds is 8. The van der Waals surface area contributed by atoms with E-state index in [0.29, 0.717) is 13.1 Å². The normalized spacial score (nSPS) is 17.8. The summed E-state index contributed by atoms with van der Waals surface area (Å²) < 4.78 is 0. The maximum atomic E-state index is 4.84. The second kappa shape index (κ2) is 16.8. The van der Waals surface area contributed by atoms with Crippen molar-refractivity contribution < 1.29 is 0 Å². The SMILES string of the molecule is CC1=NCCCN=C(C)/C(=C(\C)NCCc2ccccn2)C=NCCN=C/C1=C(/C)NCCc1ccccn1. The topological polar surface area (TPSA) is 99.3 Å². The molecule has 206 valence electrons. The minimum absolute atomic E-state index is 0.601. The average Bonchev–Trinajstić information content (AvgIpc) is 2.95. The van der Waals surface area contributed by atoms with Crippen LogP contribution >= 0.6 is 0 Å². The number of nitrogens with one attached hydrogen (secondary N) is 2. The maximum absolute atomic E-state index is 4.84. The van der Waals surface area contributed by atoms with Gasteiger partial charge in [-0.05, 0) is 58.4 Å². The first kappa shape index (κ1) is 29.6. The summed E-state index contributed by atoms with van der Waals surface area (Å²) in [6.45, 7) is 12.5. The third-order valence-electron chi connectivity index (χ3n) is 6.40. The number of hydrogen-bond acceptors (Lipinski definition) is 8. The summed E-state index contributed by atoms with van der Waals surface area (Å²) in [6, 6.07) is 12.0. The van der Waals surface area contributed by atoms with E-state index in [4.69, 9.17) is 9.98 Å². The lowest BCUT2D eigenvalue weighted by molar-refractivity contribution is 0.772. The lowest BCUT2D eigenvalue weighted by Crippen LogP contribution is -2.20. The van der Waals surface area contributed by atoms with Crippen LogP contribution in [0.3, 0.4) is 0 Å². The third kappa shape index (κ3) is 10.8. The van der Waals surface area contributed by atoms with E-state index >= 15 is 0 Å². The van der Waals surface area contributed by atoms with Crippen LogP contribution in [0.2, 0.25) is 0 Å². The molecule has 3 heterocycles. The second-order valence-corrected chi connectivity index (χ2v) is 9.43. The van der Waals surface area contributed by atoms with E-state index < -0.39 is 0 Å². The summed E-state index contributed by atoms with van der Waals surface area (Å²) >= 11 is 0. The van der Waals surface area contributed by atoms with E-state index in [1.165, 1.54) is 0 Å². The smallest absolute Gasteiger partial charge is 0.0585 e. The standard InChI is InChI=1S/C31H42N8/c1-24-30(26(3)36-18-12-28-10-5-7-14-38-28)22-32-20-21-33-23-31(25(2)35-17-9-16-34-24)27(4)37-19-13-29-11-6-8-15-39-29/h5-8,10-11,14-15,22-23,36-37H,9,12-13,16-21H2,1-4H3/b30-26+,31-27+,32-22?,33-23?,34-24?,35-25?. The van der Waals surface area contributed by atoms with E-state index in [1.807, 2.05) is 61.2 Å². The summed E-state index contributed by atoms with van der Waals surface area (Å²) in [5.41, 5.74) is 8.30. The molecule has 1 aliphatic rings. The first-order valence-corrected chi connectivity index (χ1v) is 13.8. The fraction of sp³-hybridized carbons (Fsp3) is 0.419. The number of aliphatic imine (C=N–C) groups is 4. The number of allylic oxidation sites excluding steroid dienone is 4. The molecular formula is C31H42N8. The van der Waals surface area contributed by atoms with E-state index in [1.54, 1.807) is 0 Å². The van der Waals surface area contributed by atoms with Crippen molar-refractivity contribution in [3.8, 4) is 0 Å². The van der Waals surface area contributed by atoms with Crippen molar-refractivity contribution >= 4 is 23.9 Å². The minimum Gasteiger partial charge on any atom is -0.388 e. The van der Waals surface area contributed by atoms with Gasteiger partial charge in [0.1, 0.15) is 0 Å². The Morgan fingerprint density at radius 3 is 1.54 bits per heavy atom. The predicted octanol–water partition coefficient (Wildman–Crippen LogP) is 4.46. The molecular weight excluding hydrogens is 484 g/mol. The molecule has 0 aliphatic carbocycles. The molecule has 2 N–H and O–H groups in total. The molecule has 39 heavy (non-hydrogen) atoms. The van der Waals surface area contributed by atoms with Gasteiger partial charge in [0.2, 0.25) is 0 Å². The van der Waals surface area contributed by atoms with Crippen molar-refractivity contribution in [2.24, 2.45) is 20.0 Å². The van der Waals surface area contributed by atoms with Gasteiger partial charge in [0.05, 0.1) is 13.1 Å². The first-order valence-electron chi connectivity index (χ1n) is 13.8. The Kier molecular flexibility index (Phi) is 12.8. The first-order chi connectivity index (χ1) is 19.0. The zero-order chi connectivity index (χ0) is 27.7. The van der Waals surface area contributed by atoms with E-state index in [0.717, 1.165) is 90.8 Å². The van der Waals surface area contributed by atoms with Crippen LogP contribution in [0, 0.1) is 0 Å². The summed E-state index contributed by atoms with van der Waals surface area (Å²) in [7, 11) is 0. The number of hydrogen-bond donors (Lipinski definition) is 2. The van der Waals surface area contributed by atoms with Gasteiger partial charge in [-0.3, -0.25) is 29.9 Å². The Morgan fingerprint density at radius 2 is 1.13 bits per heavy atom. The molecule has 0 unspecified atom stereocenters. The molecule has 0 saturated heterocycles. The monoisotopic (exact) mass is 526 g/mol. The van der Waals surface area contributed by atoms with E-state index in [2.05, 4.69) is 58.3 Å². The molecule has 2 aromatic rings. The zero-order valence-corrected chi connectivity index (χ0v) is 23.8. The largest absolute Gasteiger partial charge is 0.388 e. The van der Waals surface area contributed by atoms with Crippen molar-refractivity contribution in [2.45, 2.75) is 47.0 Å². The van der Waals surface area contributed by atoms with Crippen molar-refractivity contribution in [1.29, 1.82) is 0 Å². The molecule has 0 fully saturated rings. The second-order valence-electron chi connectivity index (χ2n) is 9.43. The number of nitrogens with zero attached hydrogens (tertiary/aromatic N) is 6. The predicted molar refractivity (Wildman–Crippen MR) is 165 cm³/mol. The Bertz CT molecular complexity index is 1110. The van der Waals surface area contributed by atoms with E-state index in [-0.39, 0.29) is 0 Å². The number of pyridine rings is 2. The Morgan fingerprint density at radius 1 is 0.667 bits per heavy atom. The summed E-state index contributed by atoms with van der Waals surface area (Å²) in [5, 5.41) is 7.05. The summed E-state index contributed by atoms with van der Waals surface area (Å²) in [4.78, 5) is 27.8. The molecule has 0 saturated carbocycles. The molecule has 0 radical (unpaired) electrons. The Labute approximate surface area is 233 Å². The fourth-order valence-corrected chi connectivity index (χ4v) is 4.12. The molecule has 8 heteroatoms. The zero-order valence-electron chi connectivity index (χ0n) is 23.8.